The van der Waals surface area contributed by atoms with Crippen molar-refractivity contribution in [2.45, 2.75) is 12.8 Å². The van der Waals surface area contributed by atoms with Crippen molar-refractivity contribution >= 4 is 80.8 Å². The van der Waals surface area contributed by atoms with Crippen LogP contribution in [-0.4, -0.2) is 32.5 Å². The molecule has 1 N–H and O–H groups in total. The maximum absolute atomic E-state index is 12.7. The Kier molecular flexibility index (Phi) is 7.66. The second-order valence-electron chi connectivity index (χ2n) is 6.43. The summed E-state index contributed by atoms with van der Waals surface area (Å²) in [6.45, 7) is 0.291. The standard InChI is InChI=1S/C20H15Cl2N3O4S2/c21-15-4-1-3-12(18(15)22)11-16-19(27)24(20(30)31-16)10-2-5-17(26)23-13-6-8-14(9-7-13)25(28)29/h1,3-4,6-9,11H,2,5,10H2,(H,23,26)/b16-11-. The van der Waals surface area contributed by atoms with E-state index in [9.17, 15) is 19.7 Å². The number of thioether (sulfide) groups is 1. The summed E-state index contributed by atoms with van der Waals surface area (Å²) in [5.41, 5.74) is 1.03. The number of hydrogen-bond donors (Lipinski definition) is 1. The van der Waals surface area contributed by atoms with Crippen LogP contribution in [0.5, 0.6) is 0 Å². The zero-order valence-corrected chi connectivity index (χ0v) is 19.0. The van der Waals surface area contributed by atoms with Gasteiger partial charge >= 0.3 is 0 Å². The van der Waals surface area contributed by atoms with E-state index < -0.39 is 4.92 Å². The molecule has 2 aromatic rings. The number of non-ortho nitro benzene ring substituents is 1. The highest BCUT2D eigenvalue weighted by molar-refractivity contribution is 8.26. The highest BCUT2D eigenvalue weighted by atomic mass is 35.5. The van der Waals surface area contributed by atoms with E-state index in [1.807, 2.05) is 0 Å². The third-order valence-corrected chi connectivity index (χ3v) is 6.50. The largest absolute Gasteiger partial charge is 0.326 e. The summed E-state index contributed by atoms with van der Waals surface area (Å²) in [5, 5.41) is 14.1. The minimum Gasteiger partial charge on any atom is -0.326 e. The van der Waals surface area contributed by atoms with Crippen LogP contribution in [0.1, 0.15) is 18.4 Å². The smallest absolute Gasteiger partial charge is 0.269 e. The average Bonchev–Trinajstić information content (AvgIpc) is 2.99. The van der Waals surface area contributed by atoms with Crippen molar-refractivity contribution in [3.63, 3.8) is 0 Å². The molecule has 0 saturated carbocycles. The molecule has 0 unspecified atom stereocenters. The molecule has 7 nitrogen and oxygen atoms in total. The topological polar surface area (TPSA) is 92.6 Å². The van der Waals surface area contributed by atoms with Crippen LogP contribution in [0.4, 0.5) is 11.4 Å². The Hall–Kier alpha value is -2.46. The Morgan fingerprint density at radius 2 is 1.94 bits per heavy atom. The fourth-order valence-corrected chi connectivity index (χ4v) is 4.42. The molecule has 0 atom stereocenters. The molecule has 0 radical (unpaired) electrons. The monoisotopic (exact) mass is 495 g/mol. The van der Waals surface area contributed by atoms with E-state index in [2.05, 4.69) is 5.32 Å². The van der Waals surface area contributed by atoms with Crippen LogP contribution in [0.3, 0.4) is 0 Å². The number of nitrogens with zero attached hydrogens (tertiary/aromatic N) is 2. The minimum atomic E-state index is -0.511. The summed E-state index contributed by atoms with van der Waals surface area (Å²) < 4.78 is 0.408. The molecule has 2 amide bonds. The molecule has 0 spiro atoms. The van der Waals surface area contributed by atoms with Gasteiger partial charge in [-0.2, -0.15) is 0 Å². The van der Waals surface area contributed by atoms with Crippen molar-refractivity contribution in [3.05, 3.63) is 73.1 Å². The molecule has 1 saturated heterocycles. The van der Waals surface area contributed by atoms with E-state index in [1.54, 1.807) is 24.3 Å². The van der Waals surface area contributed by atoms with Crippen LogP contribution in [0.15, 0.2) is 47.4 Å². The Balaban J connectivity index is 1.54. The van der Waals surface area contributed by atoms with Gasteiger partial charge in [0.25, 0.3) is 11.6 Å². The SMILES string of the molecule is O=C(CCCN1C(=O)/C(=C/c2cccc(Cl)c2Cl)SC1=S)Nc1ccc([N+](=O)[O-])cc1. The second-order valence-corrected chi connectivity index (χ2v) is 8.89. The fourth-order valence-electron chi connectivity index (χ4n) is 2.75. The average molecular weight is 496 g/mol. The molecule has 0 aliphatic carbocycles. The quantitative estimate of drug-likeness (QED) is 0.235. The predicted molar refractivity (Wildman–Crippen MR) is 127 cm³/mol. The van der Waals surface area contributed by atoms with Gasteiger partial charge in [0, 0.05) is 30.8 Å². The Labute approximate surface area is 197 Å². The van der Waals surface area contributed by atoms with Gasteiger partial charge in [0.1, 0.15) is 4.32 Å². The molecule has 2 aromatic carbocycles. The highest BCUT2D eigenvalue weighted by Crippen LogP contribution is 2.35. The predicted octanol–water partition coefficient (Wildman–Crippen LogP) is 5.52. The first-order chi connectivity index (χ1) is 14.8. The molecule has 1 heterocycles. The van der Waals surface area contributed by atoms with Crippen molar-refractivity contribution in [1.29, 1.82) is 0 Å². The number of nitro benzene ring substituents is 1. The van der Waals surface area contributed by atoms with Crippen molar-refractivity contribution in [3.8, 4) is 0 Å². The number of thiocarbonyl (C=S) groups is 1. The number of anilines is 1. The van der Waals surface area contributed by atoms with Crippen LogP contribution in [0.2, 0.25) is 10.0 Å². The maximum atomic E-state index is 12.7. The Morgan fingerprint density at radius 3 is 2.61 bits per heavy atom. The number of nitrogens with one attached hydrogen (secondary N) is 1. The first-order valence-corrected chi connectivity index (χ1v) is 11.0. The van der Waals surface area contributed by atoms with Gasteiger partial charge in [-0.25, -0.2) is 0 Å². The molecule has 0 bridgehead atoms. The lowest BCUT2D eigenvalue weighted by molar-refractivity contribution is -0.384. The third kappa shape index (κ3) is 5.82. The molecule has 160 valence electrons. The molecule has 11 heteroatoms. The summed E-state index contributed by atoms with van der Waals surface area (Å²) >= 11 is 18.7. The van der Waals surface area contributed by atoms with E-state index in [0.717, 1.165) is 0 Å². The first-order valence-electron chi connectivity index (χ1n) is 9.00. The zero-order chi connectivity index (χ0) is 22.5. The third-order valence-electron chi connectivity index (χ3n) is 4.29. The Morgan fingerprint density at radius 1 is 1.23 bits per heavy atom. The molecule has 0 aromatic heterocycles. The fraction of sp³-hybridized carbons (Fsp3) is 0.150. The van der Waals surface area contributed by atoms with Gasteiger partial charge in [-0.05, 0) is 36.3 Å². The van der Waals surface area contributed by atoms with Gasteiger partial charge in [0.2, 0.25) is 5.91 Å². The first kappa shape index (κ1) is 23.2. The number of hydrogen-bond acceptors (Lipinski definition) is 6. The van der Waals surface area contributed by atoms with Crippen LogP contribution >= 0.6 is 47.2 Å². The van der Waals surface area contributed by atoms with Gasteiger partial charge in [0.15, 0.2) is 0 Å². The lowest BCUT2D eigenvalue weighted by atomic mass is 10.2. The van der Waals surface area contributed by atoms with E-state index in [1.165, 1.54) is 40.9 Å². The summed E-state index contributed by atoms with van der Waals surface area (Å²) in [4.78, 5) is 36.8. The van der Waals surface area contributed by atoms with E-state index in [4.69, 9.17) is 35.4 Å². The van der Waals surface area contributed by atoms with Gasteiger partial charge in [0.05, 0.1) is 19.9 Å². The van der Waals surface area contributed by atoms with Gasteiger partial charge < -0.3 is 5.32 Å². The van der Waals surface area contributed by atoms with Crippen LogP contribution in [0.25, 0.3) is 6.08 Å². The normalized spacial score (nSPS) is 14.9. The Bertz CT molecular complexity index is 1090. The summed E-state index contributed by atoms with van der Waals surface area (Å²) in [5.74, 6) is -0.512. The molecular weight excluding hydrogens is 481 g/mol. The zero-order valence-electron chi connectivity index (χ0n) is 15.8. The highest BCUT2D eigenvalue weighted by Gasteiger charge is 2.31. The van der Waals surface area contributed by atoms with Crippen LogP contribution < -0.4 is 5.32 Å². The van der Waals surface area contributed by atoms with Crippen molar-refractivity contribution < 1.29 is 14.5 Å². The number of carbonyl (C=O) groups excluding carboxylic acids is 2. The molecule has 1 fully saturated rings. The van der Waals surface area contributed by atoms with Crippen LogP contribution in [-0.2, 0) is 9.59 Å². The van der Waals surface area contributed by atoms with Gasteiger partial charge in [-0.15, -0.1) is 0 Å². The number of carbonyl (C=O) groups is 2. The number of benzene rings is 2. The molecule has 1 aliphatic heterocycles. The number of halogens is 2. The second kappa shape index (κ2) is 10.2. The molecular formula is C20H15Cl2N3O4S2. The summed E-state index contributed by atoms with van der Waals surface area (Å²) in [6.07, 6.45) is 2.21. The minimum absolute atomic E-state index is 0.0560. The van der Waals surface area contributed by atoms with E-state index >= 15 is 0 Å². The van der Waals surface area contributed by atoms with E-state index in [0.29, 0.717) is 43.5 Å². The van der Waals surface area contributed by atoms with Crippen molar-refractivity contribution in [2.75, 3.05) is 11.9 Å². The summed E-state index contributed by atoms with van der Waals surface area (Å²) in [6, 6.07) is 10.7. The van der Waals surface area contributed by atoms with Gasteiger partial charge in [-0.1, -0.05) is 59.3 Å². The molecule has 3 rings (SSSR count). The van der Waals surface area contributed by atoms with E-state index in [-0.39, 0.29) is 23.9 Å². The van der Waals surface area contributed by atoms with Gasteiger partial charge in [-0.3, -0.25) is 24.6 Å². The number of rotatable bonds is 7. The summed E-state index contributed by atoms with van der Waals surface area (Å²) in [7, 11) is 0. The maximum Gasteiger partial charge on any atom is 0.269 e. The van der Waals surface area contributed by atoms with Crippen molar-refractivity contribution in [2.24, 2.45) is 0 Å². The number of nitro groups is 1. The lowest BCUT2D eigenvalue weighted by Gasteiger charge is -2.14. The van der Waals surface area contributed by atoms with Crippen molar-refractivity contribution in [1.82, 2.24) is 4.90 Å². The molecule has 1 aliphatic rings. The number of amides is 2. The van der Waals surface area contributed by atoms with Crippen LogP contribution in [0, 0.1) is 10.1 Å². The molecule has 31 heavy (non-hydrogen) atoms. The lowest BCUT2D eigenvalue weighted by Crippen LogP contribution is -2.29.